The van der Waals surface area contributed by atoms with Crippen LogP contribution in [0, 0.1) is 5.92 Å². The summed E-state index contributed by atoms with van der Waals surface area (Å²) < 4.78 is 5.86. The van der Waals surface area contributed by atoms with Crippen molar-refractivity contribution in [1.29, 1.82) is 0 Å². The number of ether oxygens (including phenoxy) is 1. The number of piperazine rings is 1. The Morgan fingerprint density at radius 1 is 1.23 bits per heavy atom. The molecule has 2 aliphatic rings. The zero-order valence-electron chi connectivity index (χ0n) is 24.4. The standard InChI is InChI=1S/C32H46N4O3S/c1-5-7-9-16-32(3,30(38)39-21-10-8-11-27-22-24(27)6-2)34-29(37)26-14-12-25(13-15-26)28-23-40-31(33-28)36-19-17-35(4)18-20-36/h6,12-15,22-23,27,30,38H,2,5,7-11,16-21H2,1,3-4H3,(H,34,37)/t27-,30?,32?/m1/s1. The molecule has 2 heterocycles. The highest BCUT2D eigenvalue weighted by Gasteiger charge is 2.35. The Labute approximate surface area is 243 Å². The number of anilines is 1. The van der Waals surface area contributed by atoms with Gasteiger partial charge in [-0.25, -0.2) is 4.98 Å². The number of thiazole rings is 1. The summed E-state index contributed by atoms with van der Waals surface area (Å²) in [5, 5.41) is 17.2. The van der Waals surface area contributed by atoms with E-state index in [1.807, 2.05) is 37.3 Å². The number of carbonyl (C=O) groups is 1. The normalized spacial score (nSPS) is 19.6. The van der Waals surface area contributed by atoms with Gasteiger partial charge in [-0.05, 0) is 50.9 Å². The molecule has 1 saturated heterocycles. The molecule has 8 heteroatoms. The third kappa shape index (κ3) is 8.26. The fourth-order valence-corrected chi connectivity index (χ4v) is 6.04. The molecule has 0 spiro atoms. The van der Waals surface area contributed by atoms with Crippen LogP contribution in [-0.2, 0) is 4.74 Å². The highest BCUT2D eigenvalue weighted by atomic mass is 32.1. The van der Waals surface area contributed by atoms with E-state index in [0.717, 1.165) is 81.1 Å². The molecule has 0 bridgehead atoms. The third-order valence-corrected chi connectivity index (χ3v) is 8.99. The second-order valence-electron chi connectivity index (χ2n) is 11.4. The second kappa shape index (κ2) is 14.4. The molecule has 2 unspecified atom stereocenters. The van der Waals surface area contributed by atoms with Crippen molar-refractivity contribution in [2.75, 3.05) is 44.7 Å². The summed E-state index contributed by atoms with van der Waals surface area (Å²) in [6.45, 7) is 12.4. The van der Waals surface area contributed by atoms with Crippen LogP contribution in [0.2, 0.25) is 0 Å². The Morgan fingerprint density at radius 3 is 2.65 bits per heavy atom. The molecule has 1 aromatic carbocycles. The summed E-state index contributed by atoms with van der Waals surface area (Å²) in [7, 11) is 2.15. The maximum Gasteiger partial charge on any atom is 0.251 e. The average molecular weight is 567 g/mol. The van der Waals surface area contributed by atoms with Gasteiger partial charge in [0.05, 0.1) is 11.2 Å². The maximum absolute atomic E-state index is 13.3. The topological polar surface area (TPSA) is 77.9 Å². The molecule has 3 atom stereocenters. The number of allylic oxidation sites excluding steroid dienone is 3. The van der Waals surface area contributed by atoms with E-state index < -0.39 is 11.8 Å². The third-order valence-electron chi connectivity index (χ3n) is 8.09. The summed E-state index contributed by atoms with van der Waals surface area (Å²) in [5.41, 5.74) is 2.94. The molecule has 1 amide bonds. The van der Waals surface area contributed by atoms with E-state index in [2.05, 4.69) is 47.1 Å². The van der Waals surface area contributed by atoms with Crippen LogP contribution in [0.15, 0.2) is 53.9 Å². The van der Waals surface area contributed by atoms with Gasteiger partial charge in [0.2, 0.25) is 0 Å². The molecule has 218 valence electrons. The Kier molecular flexibility index (Phi) is 11.0. The van der Waals surface area contributed by atoms with E-state index in [1.165, 1.54) is 5.57 Å². The molecular formula is C32H46N4O3S. The first kappa shape index (κ1) is 30.4. The molecule has 0 saturated carbocycles. The van der Waals surface area contributed by atoms with Gasteiger partial charge in [-0.3, -0.25) is 4.79 Å². The van der Waals surface area contributed by atoms with Gasteiger partial charge < -0.3 is 25.0 Å². The molecule has 7 nitrogen and oxygen atoms in total. The summed E-state index contributed by atoms with van der Waals surface area (Å²) >= 11 is 1.67. The van der Waals surface area contributed by atoms with E-state index in [9.17, 15) is 9.90 Å². The van der Waals surface area contributed by atoms with Gasteiger partial charge in [0, 0.05) is 55.2 Å². The lowest BCUT2D eigenvalue weighted by molar-refractivity contribution is -0.148. The minimum atomic E-state index is -1.07. The molecule has 1 fully saturated rings. The van der Waals surface area contributed by atoms with E-state index in [-0.39, 0.29) is 5.91 Å². The average Bonchev–Trinajstić information content (AvgIpc) is 3.55. The van der Waals surface area contributed by atoms with Gasteiger partial charge in [0.1, 0.15) is 0 Å². The second-order valence-corrected chi connectivity index (χ2v) is 12.2. The van der Waals surface area contributed by atoms with E-state index >= 15 is 0 Å². The van der Waals surface area contributed by atoms with Crippen LogP contribution in [-0.4, -0.2) is 72.6 Å². The number of hydrogen-bond donors (Lipinski definition) is 2. The monoisotopic (exact) mass is 566 g/mol. The number of aromatic nitrogens is 1. The molecule has 1 aromatic heterocycles. The first-order chi connectivity index (χ1) is 19.3. The molecule has 1 aliphatic carbocycles. The lowest BCUT2D eigenvalue weighted by Crippen LogP contribution is -2.55. The first-order valence-electron chi connectivity index (χ1n) is 14.8. The Balaban J connectivity index is 1.31. The SMILES string of the molecule is C=CC1=C[C@H]1CCCCOC(O)C(C)(CCCCC)NC(=O)c1ccc(-c2csc(N3CCN(C)CC3)n2)cc1. The van der Waals surface area contributed by atoms with Crippen molar-refractivity contribution in [3.8, 4) is 11.3 Å². The van der Waals surface area contributed by atoms with Crippen molar-refractivity contribution in [2.45, 2.75) is 70.6 Å². The van der Waals surface area contributed by atoms with Crippen LogP contribution in [0.5, 0.6) is 0 Å². The number of aliphatic hydroxyl groups excluding tert-OH is 1. The van der Waals surface area contributed by atoms with Gasteiger partial charge >= 0.3 is 0 Å². The van der Waals surface area contributed by atoms with Crippen LogP contribution in [0.3, 0.4) is 0 Å². The summed E-state index contributed by atoms with van der Waals surface area (Å²) in [6.07, 6.45) is 9.75. The lowest BCUT2D eigenvalue weighted by Gasteiger charge is -2.35. The highest BCUT2D eigenvalue weighted by Crippen LogP contribution is 2.34. The number of aliphatic hydroxyl groups is 1. The van der Waals surface area contributed by atoms with E-state index in [4.69, 9.17) is 9.72 Å². The van der Waals surface area contributed by atoms with Crippen molar-refractivity contribution in [3.05, 3.63) is 59.5 Å². The number of benzene rings is 1. The number of rotatable bonds is 16. The molecule has 1 aliphatic heterocycles. The van der Waals surface area contributed by atoms with E-state index in [0.29, 0.717) is 24.5 Å². The van der Waals surface area contributed by atoms with E-state index in [1.54, 1.807) is 11.3 Å². The summed E-state index contributed by atoms with van der Waals surface area (Å²) in [4.78, 5) is 22.8. The highest BCUT2D eigenvalue weighted by molar-refractivity contribution is 7.14. The number of carbonyl (C=O) groups excluding carboxylic acids is 1. The maximum atomic E-state index is 13.3. The van der Waals surface area contributed by atoms with Crippen LogP contribution in [0.1, 0.15) is 69.2 Å². The molecule has 4 rings (SSSR count). The van der Waals surface area contributed by atoms with Crippen molar-refractivity contribution < 1.29 is 14.6 Å². The zero-order chi connectivity index (χ0) is 28.5. The van der Waals surface area contributed by atoms with Crippen molar-refractivity contribution in [2.24, 2.45) is 5.92 Å². The molecule has 40 heavy (non-hydrogen) atoms. The fourth-order valence-electron chi connectivity index (χ4n) is 5.15. The predicted molar refractivity (Wildman–Crippen MR) is 165 cm³/mol. The summed E-state index contributed by atoms with van der Waals surface area (Å²) in [6, 6.07) is 7.57. The number of nitrogens with one attached hydrogen (secondary N) is 1. The number of amides is 1. The van der Waals surface area contributed by atoms with Gasteiger partial charge in [0.25, 0.3) is 5.91 Å². The van der Waals surface area contributed by atoms with Crippen molar-refractivity contribution in [3.63, 3.8) is 0 Å². The number of unbranched alkanes of at least 4 members (excludes halogenated alkanes) is 3. The first-order valence-corrected chi connectivity index (χ1v) is 15.7. The molecule has 0 radical (unpaired) electrons. The van der Waals surface area contributed by atoms with Crippen LogP contribution in [0.25, 0.3) is 11.3 Å². The molecular weight excluding hydrogens is 520 g/mol. The Hall–Kier alpha value is -2.52. The minimum absolute atomic E-state index is 0.207. The smallest absolute Gasteiger partial charge is 0.251 e. The number of likely N-dealkylation sites (N-methyl/N-ethyl adjacent to an activating group) is 1. The van der Waals surface area contributed by atoms with Crippen LogP contribution >= 0.6 is 11.3 Å². The molecule has 2 aromatic rings. The van der Waals surface area contributed by atoms with Gasteiger partial charge in [-0.2, -0.15) is 0 Å². The van der Waals surface area contributed by atoms with Gasteiger partial charge in [0.15, 0.2) is 11.4 Å². The number of nitrogens with zero attached hydrogens (tertiary/aromatic N) is 3. The number of hydrogen-bond acceptors (Lipinski definition) is 7. The van der Waals surface area contributed by atoms with Crippen LogP contribution in [0.4, 0.5) is 5.13 Å². The minimum Gasteiger partial charge on any atom is -0.366 e. The van der Waals surface area contributed by atoms with Crippen molar-refractivity contribution >= 4 is 22.4 Å². The zero-order valence-corrected chi connectivity index (χ0v) is 25.2. The largest absolute Gasteiger partial charge is 0.366 e. The van der Waals surface area contributed by atoms with Crippen molar-refractivity contribution in [1.82, 2.24) is 15.2 Å². The van der Waals surface area contributed by atoms with Crippen LogP contribution < -0.4 is 10.2 Å². The van der Waals surface area contributed by atoms with Gasteiger partial charge in [-0.15, -0.1) is 11.3 Å². The Bertz CT molecular complexity index is 1140. The fraction of sp³-hybridized carbons (Fsp3) is 0.562. The lowest BCUT2D eigenvalue weighted by atomic mass is 9.92. The summed E-state index contributed by atoms with van der Waals surface area (Å²) in [5.74, 6) is 0.364. The quantitative estimate of drug-likeness (QED) is 0.195. The predicted octanol–water partition coefficient (Wildman–Crippen LogP) is 5.88. The molecule has 2 N–H and O–H groups in total. The van der Waals surface area contributed by atoms with Gasteiger partial charge in [-0.1, -0.05) is 63.5 Å². The Morgan fingerprint density at radius 2 is 1.98 bits per heavy atom.